The van der Waals surface area contributed by atoms with Crippen LogP contribution in [0.25, 0.3) is 0 Å². The maximum atomic E-state index is 5.79. The maximum Gasteiger partial charge on any atom is 0.218 e. The molecule has 1 aromatic heterocycles. The van der Waals surface area contributed by atoms with Crippen molar-refractivity contribution in [1.82, 2.24) is 9.97 Å². The van der Waals surface area contributed by atoms with E-state index >= 15 is 0 Å². The van der Waals surface area contributed by atoms with Crippen LogP contribution in [0.2, 0.25) is 0 Å². The van der Waals surface area contributed by atoms with Gasteiger partial charge in [0, 0.05) is 11.5 Å². The van der Waals surface area contributed by atoms with Crippen molar-refractivity contribution in [3.8, 4) is 11.6 Å². The van der Waals surface area contributed by atoms with Gasteiger partial charge >= 0.3 is 0 Å². The first-order valence-electron chi connectivity index (χ1n) is 6.91. The summed E-state index contributed by atoms with van der Waals surface area (Å²) >= 11 is 0. The number of rotatable bonds is 5. The highest BCUT2D eigenvalue weighted by Gasteiger charge is 2.19. The van der Waals surface area contributed by atoms with Gasteiger partial charge in [-0.15, -0.1) is 0 Å². The van der Waals surface area contributed by atoms with Gasteiger partial charge in [-0.1, -0.05) is 39.0 Å². The van der Waals surface area contributed by atoms with Crippen LogP contribution in [0.1, 0.15) is 26.6 Å². The first-order valence-corrected chi connectivity index (χ1v) is 6.91. The van der Waals surface area contributed by atoms with Gasteiger partial charge in [0.2, 0.25) is 5.88 Å². The molecule has 0 amide bonds. The summed E-state index contributed by atoms with van der Waals surface area (Å²) in [4.78, 5) is 8.62. The minimum absolute atomic E-state index is 0.173. The number of nitrogen functional groups attached to an aromatic ring is 1. The van der Waals surface area contributed by atoms with Crippen molar-refractivity contribution in [1.29, 1.82) is 0 Å². The number of hydrogen-bond acceptors (Lipinski definition) is 5. The zero-order chi connectivity index (χ0) is 15.3. The zero-order valence-corrected chi connectivity index (χ0v) is 12.7. The Labute approximate surface area is 125 Å². The van der Waals surface area contributed by atoms with Crippen LogP contribution in [0, 0.1) is 0 Å². The van der Waals surface area contributed by atoms with E-state index in [1.807, 2.05) is 51.1 Å². The fourth-order valence-corrected chi connectivity index (χ4v) is 1.67. The van der Waals surface area contributed by atoms with E-state index in [0.717, 1.165) is 5.75 Å². The second-order valence-corrected chi connectivity index (χ2v) is 5.71. The molecule has 0 saturated heterocycles. The van der Waals surface area contributed by atoms with Crippen LogP contribution in [0.5, 0.6) is 11.6 Å². The Morgan fingerprint density at radius 2 is 1.67 bits per heavy atom. The number of anilines is 1. The van der Waals surface area contributed by atoms with Gasteiger partial charge in [0.05, 0.1) is 0 Å². The zero-order valence-electron chi connectivity index (χ0n) is 12.7. The van der Waals surface area contributed by atoms with Gasteiger partial charge in [-0.3, -0.25) is 0 Å². The van der Waals surface area contributed by atoms with Crippen molar-refractivity contribution < 1.29 is 9.47 Å². The van der Waals surface area contributed by atoms with E-state index in [4.69, 9.17) is 15.2 Å². The van der Waals surface area contributed by atoms with Crippen LogP contribution in [0.4, 0.5) is 5.82 Å². The third-order valence-corrected chi connectivity index (χ3v) is 2.74. The van der Waals surface area contributed by atoms with Gasteiger partial charge in [0.25, 0.3) is 0 Å². The molecule has 0 aliphatic heterocycles. The predicted molar refractivity (Wildman–Crippen MR) is 82.6 cm³/mol. The smallest absolute Gasteiger partial charge is 0.218 e. The fourth-order valence-electron chi connectivity index (χ4n) is 1.67. The van der Waals surface area contributed by atoms with Gasteiger partial charge in [0.15, 0.2) is 0 Å². The van der Waals surface area contributed by atoms with Crippen LogP contribution in [0.3, 0.4) is 0 Å². The van der Waals surface area contributed by atoms with Gasteiger partial charge in [-0.2, -0.15) is 4.98 Å². The van der Waals surface area contributed by atoms with Crippen LogP contribution in [-0.4, -0.2) is 23.2 Å². The summed E-state index contributed by atoms with van der Waals surface area (Å²) in [5, 5.41) is 0. The molecule has 0 fully saturated rings. The molecule has 21 heavy (non-hydrogen) atoms. The molecule has 2 rings (SSSR count). The number of aromatic nitrogens is 2. The Hall–Kier alpha value is -2.30. The second-order valence-electron chi connectivity index (χ2n) is 5.71. The minimum Gasteiger partial charge on any atom is -0.490 e. The molecule has 0 aliphatic carbocycles. The normalized spacial score (nSPS) is 11.2. The molecule has 112 valence electrons. The molecule has 0 bridgehead atoms. The molecular weight excluding hydrogens is 266 g/mol. The van der Waals surface area contributed by atoms with Crippen LogP contribution in [-0.2, 0) is 5.41 Å². The lowest BCUT2D eigenvalue weighted by molar-refractivity contribution is 0.211. The van der Waals surface area contributed by atoms with Crippen molar-refractivity contribution in [3.63, 3.8) is 0 Å². The monoisotopic (exact) mass is 287 g/mol. The third-order valence-electron chi connectivity index (χ3n) is 2.74. The molecule has 5 nitrogen and oxygen atoms in total. The van der Waals surface area contributed by atoms with Crippen molar-refractivity contribution in [2.75, 3.05) is 18.9 Å². The molecule has 0 atom stereocenters. The van der Waals surface area contributed by atoms with Crippen molar-refractivity contribution in [2.45, 2.75) is 26.2 Å². The van der Waals surface area contributed by atoms with E-state index in [1.165, 1.54) is 0 Å². The number of ether oxygens (including phenoxy) is 2. The van der Waals surface area contributed by atoms with E-state index in [-0.39, 0.29) is 5.41 Å². The van der Waals surface area contributed by atoms with Crippen molar-refractivity contribution in [3.05, 3.63) is 42.2 Å². The highest BCUT2D eigenvalue weighted by Crippen LogP contribution is 2.22. The Morgan fingerprint density at radius 3 is 2.33 bits per heavy atom. The standard InChI is InChI=1S/C16H21N3O2/c1-16(2,3)15-18-13(17)11-14(19-15)21-10-9-20-12-7-5-4-6-8-12/h4-8,11H,9-10H2,1-3H3,(H2,17,18,19). The molecule has 1 aromatic carbocycles. The predicted octanol–water partition coefficient (Wildman–Crippen LogP) is 2.81. The van der Waals surface area contributed by atoms with Crippen LogP contribution in [0.15, 0.2) is 36.4 Å². The molecule has 2 aromatic rings. The first kappa shape index (κ1) is 15.1. The Kier molecular flexibility index (Phi) is 4.62. The lowest BCUT2D eigenvalue weighted by atomic mass is 9.96. The number of benzene rings is 1. The number of para-hydroxylation sites is 1. The highest BCUT2D eigenvalue weighted by molar-refractivity contribution is 5.34. The lowest BCUT2D eigenvalue weighted by Gasteiger charge is -2.17. The summed E-state index contributed by atoms with van der Waals surface area (Å²) in [6.07, 6.45) is 0. The van der Waals surface area contributed by atoms with E-state index in [9.17, 15) is 0 Å². The summed E-state index contributed by atoms with van der Waals surface area (Å²) in [5.74, 6) is 2.37. The van der Waals surface area contributed by atoms with E-state index in [1.54, 1.807) is 6.07 Å². The van der Waals surface area contributed by atoms with Crippen molar-refractivity contribution in [2.24, 2.45) is 0 Å². The molecule has 0 aliphatic rings. The summed E-state index contributed by atoms with van der Waals surface area (Å²) in [5.41, 5.74) is 5.62. The van der Waals surface area contributed by atoms with E-state index in [0.29, 0.717) is 30.7 Å². The van der Waals surface area contributed by atoms with E-state index < -0.39 is 0 Å². The third kappa shape index (κ3) is 4.63. The van der Waals surface area contributed by atoms with E-state index in [2.05, 4.69) is 9.97 Å². The van der Waals surface area contributed by atoms with Gasteiger partial charge in [-0.05, 0) is 12.1 Å². The summed E-state index contributed by atoms with van der Waals surface area (Å²) < 4.78 is 11.1. The minimum atomic E-state index is -0.173. The quantitative estimate of drug-likeness (QED) is 0.856. The molecule has 5 heteroatoms. The molecule has 2 N–H and O–H groups in total. The molecule has 0 unspecified atom stereocenters. The highest BCUT2D eigenvalue weighted by atomic mass is 16.5. The Morgan fingerprint density at radius 1 is 1.00 bits per heavy atom. The Balaban J connectivity index is 1.90. The van der Waals surface area contributed by atoms with Gasteiger partial charge < -0.3 is 15.2 Å². The lowest BCUT2D eigenvalue weighted by Crippen LogP contribution is -2.18. The molecule has 0 spiro atoms. The number of nitrogens with zero attached hydrogens (tertiary/aromatic N) is 2. The number of hydrogen-bond donors (Lipinski definition) is 1. The van der Waals surface area contributed by atoms with Gasteiger partial charge in [-0.25, -0.2) is 4.98 Å². The van der Waals surface area contributed by atoms with Crippen LogP contribution >= 0.6 is 0 Å². The topological polar surface area (TPSA) is 70.3 Å². The average Bonchev–Trinajstić information content (AvgIpc) is 2.43. The molecule has 1 heterocycles. The van der Waals surface area contributed by atoms with Crippen LogP contribution < -0.4 is 15.2 Å². The second kappa shape index (κ2) is 6.43. The molecule has 0 radical (unpaired) electrons. The van der Waals surface area contributed by atoms with Crippen molar-refractivity contribution >= 4 is 5.82 Å². The van der Waals surface area contributed by atoms with Gasteiger partial charge in [0.1, 0.15) is 30.6 Å². The Bertz CT molecular complexity index is 580. The molecular formula is C16H21N3O2. The maximum absolute atomic E-state index is 5.79. The fraction of sp³-hybridized carbons (Fsp3) is 0.375. The SMILES string of the molecule is CC(C)(C)c1nc(N)cc(OCCOc2ccccc2)n1. The largest absolute Gasteiger partial charge is 0.490 e. The average molecular weight is 287 g/mol. The summed E-state index contributed by atoms with van der Waals surface area (Å²) in [6.45, 7) is 6.94. The summed E-state index contributed by atoms with van der Waals surface area (Å²) in [6, 6.07) is 11.2. The summed E-state index contributed by atoms with van der Waals surface area (Å²) in [7, 11) is 0. The molecule has 0 saturated carbocycles. The first-order chi connectivity index (χ1) is 9.95. The number of nitrogens with two attached hydrogens (primary N) is 1.